The Morgan fingerprint density at radius 2 is 1.67 bits per heavy atom. The van der Waals surface area contributed by atoms with E-state index in [9.17, 15) is 0 Å². The largest absolute Gasteiger partial charge is 0.493 e. The Hall–Kier alpha value is -1.75. The van der Waals surface area contributed by atoms with Crippen molar-refractivity contribution in [3.8, 4) is 11.5 Å². The van der Waals surface area contributed by atoms with Gasteiger partial charge in [-0.2, -0.15) is 0 Å². The Bertz CT molecular complexity index is 593. The first-order valence-electron chi connectivity index (χ1n) is 7.94. The number of hydrogen-bond donors (Lipinski definition) is 1. The average Bonchev–Trinajstić information content (AvgIpc) is 2.60. The lowest BCUT2D eigenvalue weighted by Crippen LogP contribution is -2.31. The number of hydrogen-bond acceptors (Lipinski definition) is 4. The lowest BCUT2D eigenvalue weighted by atomic mass is 10.1. The summed E-state index contributed by atoms with van der Waals surface area (Å²) in [5, 5.41) is 0. The van der Waals surface area contributed by atoms with Crippen LogP contribution in [0.1, 0.15) is 11.1 Å². The Morgan fingerprint density at radius 3 is 2.29 bits per heavy atom. The van der Waals surface area contributed by atoms with Crippen molar-refractivity contribution in [2.24, 2.45) is 5.73 Å². The van der Waals surface area contributed by atoms with Crippen LogP contribution in [-0.4, -0.2) is 38.8 Å². The molecule has 24 heavy (non-hydrogen) atoms. The van der Waals surface area contributed by atoms with E-state index in [1.165, 1.54) is 5.56 Å². The Balaban J connectivity index is 0.00000288. The predicted octanol–water partition coefficient (Wildman–Crippen LogP) is 3.13. The first-order chi connectivity index (χ1) is 11.3. The zero-order valence-corrected chi connectivity index (χ0v) is 15.2. The van der Waals surface area contributed by atoms with Crippen molar-refractivity contribution < 1.29 is 9.47 Å². The molecule has 132 valence electrons. The van der Waals surface area contributed by atoms with Crippen LogP contribution < -0.4 is 15.2 Å². The van der Waals surface area contributed by atoms with E-state index in [0.717, 1.165) is 43.1 Å². The number of nitrogens with two attached hydrogens (primary N) is 1. The van der Waals surface area contributed by atoms with E-state index < -0.39 is 0 Å². The topological polar surface area (TPSA) is 47.7 Å². The molecule has 0 unspecified atom stereocenters. The molecular formula is C19H27ClN2O2. The van der Waals surface area contributed by atoms with Gasteiger partial charge in [0.2, 0.25) is 0 Å². The second kappa shape index (κ2) is 10.9. The van der Waals surface area contributed by atoms with Crippen LogP contribution in [0.4, 0.5) is 0 Å². The monoisotopic (exact) mass is 350 g/mol. The molecule has 0 heterocycles. The summed E-state index contributed by atoms with van der Waals surface area (Å²) in [7, 11) is 3.34. The van der Waals surface area contributed by atoms with Gasteiger partial charge in [-0.15, -0.1) is 12.4 Å². The highest BCUT2D eigenvalue weighted by molar-refractivity contribution is 5.85. The van der Waals surface area contributed by atoms with Gasteiger partial charge in [0.15, 0.2) is 11.5 Å². The van der Waals surface area contributed by atoms with Crippen LogP contribution >= 0.6 is 12.4 Å². The zero-order chi connectivity index (χ0) is 16.5. The Morgan fingerprint density at radius 1 is 0.917 bits per heavy atom. The number of methoxy groups -OCH3 is 2. The van der Waals surface area contributed by atoms with E-state index in [4.69, 9.17) is 15.2 Å². The summed E-state index contributed by atoms with van der Waals surface area (Å²) in [6, 6.07) is 16.5. The van der Waals surface area contributed by atoms with Crippen LogP contribution in [0.5, 0.6) is 11.5 Å². The van der Waals surface area contributed by atoms with E-state index in [0.29, 0.717) is 6.54 Å². The van der Waals surface area contributed by atoms with Crippen LogP contribution in [0.2, 0.25) is 0 Å². The summed E-state index contributed by atoms with van der Waals surface area (Å²) in [6.45, 7) is 3.25. The molecule has 0 radical (unpaired) electrons. The van der Waals surface area contributed by atoms with Gasteiger partial charge in [-0.1, -0.05) is 42.5 Å². The van der Waals surface area contributed by atoms with Crippen molar-refractivity contribution in [3.05, 3.63) is 59.7 Å². The van der Waals surface area contributed by atoms with Crippen LogP contribution in [0, 0.1) is 0 Å². The van der Waals surface area contributed by atoms with E-state index in [2.05, 4.69) is 35.2 Å². The molecule has 0 aromatic heterocycles. The summed E-state index contributed by atoms with van der Waals surface area (Å²) >= 11 is 0. The highest BCUT2D eigenvalue weighted by Crippen LogP contribution is 2.31. The highest BCUT2D eigenvalue weighted by atomic mass is 35.5. The molecule has 0 fully saturated rings. The van der Waals surface area contributed by atoms with Crippen LogP contribution in [0.3, 0.4) is 0 Å². The number of rotatable bonds is 9. The minimum atomic E-state index is 0. The van der Waals surface area contributed by atoms with E-state index in [1.54, 1.807) is 14.2 Å². The van der Waals surface area contributed by atoms with Crippen molar-refractivity contribution in [3.63, 3.8) is 0 Å². The summed E-state index contributed by atoms with van der Waals surface area (Å²) in [6.07, 6.45) is 1.01. The first kappa shape index (κ1) is 20.3. The highest BCUT2D eigenvalue weighted by Gasteiger charge is 2.13. The maximum Gasteiger partial charge on any atom is 0.165 e. The van der Waals surface area contributed by atoms with Crippen LogP contribution in [0.25, 0.3) is 0 Å². The fraction of sp³-hybridized carbons (Fsp3) is 0.368. The van der Waals surface area contributed by atoms with Gasteiger partial charge >= 0.3 is 0 Å². The molecule has 2 aromatic rings. The fourth-order valence-corrected chi connectivity index (χ4v) is 2.70. The maximum absolute atomic E-state index is 5.78. The summed E-state index contributed by atoms with van der Waals surface area (Å²) in [5.41, 5.74) is 8.24. The van der Waals surface area contributed by atoms with Gasteiger partial charge in [0, 0.05) is 31.7 Å². The molecule has 0 bridgehead atoms. The van der Waals surface area contributed by atoms with Gasteiger partial charge in [0.25, 0.3) is 0 Å². The molecule has 0 aliphatic carbocycles. The van der Waals surface area contributed by atoms with Gasteiger partial charge in [-0.25, -0.2) is 0 Å². The minimum Gasteiger partial charge on any atom is -0.493 e. The third-order valence-electron chi connectivity index (χ3n) is 3.88. The minimum absolute atomic E-state index is 0. The molecule has 5 heteroatoms. The zero-order valence-electron chi connectivity index (χ0n) is 14.4. The van der Waals surface area contributed by atoms with E-state index >= 15 is 0 Å². The molecule has 2 rings (SSSR count). The molecule has 0 spiro atoms. The molecule has 0 saturated carbocycles. The van der Waals surface area contributed by atoms with Gasteiger partial charge in [-0.3, -0.25) is 4.90 Å². The SMILES string of the molecule is COc1cccc(CN(CCN)CCc2ccccc2)c1OC.Cl. The average molecular weight is 351 g/mol. The van der Waals surface area contributed by atoms with Crippen molar-refractivity contribution in [2.45, 2.75) is 13.0 Å². The van der Waals surface area contributed by atoms with Crippen molar-refractivity contribution in [2.75, 3.05) is 33.9 Å². The lowest BCUT2D eigenvalue weighted by Gasteiger charge is -2.23. The molecular weight excluding hydrogens is 324 g/mol. The van der Waals surface area contributed by atoms with E-state index in [1.807, 2.05) is 18.2 Å². The molecule has 0 aliphatic heterocycles. The van der Waals surface area contributed by atoms with Gasteiger partial charge in [0.1, 0.15) is 0 Å². The van der Waals surface area contributed by atoms with E-state index in [-0.39, 0.29) is 12.4 Å². The lowest BCUT2D eigenvalue weighted by molar-refractivity contribution is 0.268. The number of para-hydroxylation sites is 1. The van der Waals surface area contributed by atoms with Crippen LogP contribution in [0.15, 0.2) is 48.5 Å². The number of halogens is 1. The number of nitrogens with zero attached hydrogens (tertiary/aromatic N) is 1. The van der Waals surface area contributed by atoms with Gasteiger partial charge < -0.3 is 15.2 Å². The molecule has 2 aromatic carbocycles. The Kier molecular flexibility index (Phi) is 9.23. The second-order valence-corrected chi connectivity index (χ2v) is 5.45. The molecule has 0 atom stereocenters. The summed E-state index contributed by atoms with van der Waals surface area (Å²) < 4.78 is 10.9. The maximum atomic E-state index is 5.78. The standard InChI is InChI=1S/C19H26N2O2.ClH/c1-22-18-10-6-9-17(19(18)23-2)15-21(14-12-20)13-11-16-7-4-3-5-8-16;/h3-10H,11-15,20H2,1-2H3;1H. The molecule has 0 amide bonds. The summed E-state index contributed by atoms with van der Waals surface area (Å²) in [4.78, 5) is 2.35. The van der Waals surface area contributed by atoms with Crippen molar-refractivity contribution >= 4 is 12.4 Å². The summed E-state index contributed by atoms with van der Waals surface area (Å²) in [5.74, 6) is 1.57. The quantitative estimate of drug-likeness (QED) is 0.754. The smallest absolute Gasteiger partial charge is 0.165 e. The Labute approximate surface area is 151 Å². The molecule has 0 saturated heterocycles. The number of ether oxygens (including phenoxy) is 2. The number of benzene rings is 2. The first-order valence-corrected chi connectivity index (χ1v) is 7.94. The molecule has 4 nitrogen and oxygen atoms in total. The predicted molar refractivity (Wildman–Crippen MR) is 101 cm³/mol. The normalized spacial score (nSPS) is 10.3. The third kappa shape index (κ3) is 5.71. The van der Waals surface area contributed by atoms with Crippen molar-refractivity contribution in [1.29, 1.82) is 0 Å². The van der Waals surface area contributed by atoms with Gasteiger partial charge in [0.05, 0.1) is 14.2 Å². The second-order valence-electron chi connectivity index (χ2n) is 5.45. The van der Waals surface area contributed by atoms with Gasteiger partial charge in [-0.05, 0) is 18.1 Å². The third-order valence-corrected chi connectivity index (χ3v) is 3.88. The fourth-order valence-electron chi connectivity index (χ4n) is 2.70. The molecule has 0 aliphatic rings. The molecule has 2 N–H and O–H groups in total. The van der Waals surface area contributed by atoms with Crippen molar-refractivity contribution in [1.82, 2.24) is 4.90 Å². The van der Waals surface area contributed by atoms with Crippen LogP contribution in [-0.2, 0) is 13.0 Å².